The summed E-state index contributed by atoms with van der Waals surface area (Å²) in [4.78, 5) is 44.4. The molecule has 1 unspecified atom stereocenters. The van der Waals surface area contributed by atoms with Crippen LogP contribution in [-0.2, 0) is 22.7 Å². The fraction of sp³-hybridized carbons (Fsp3) is 0.296. The van der Waals surface area contributed by atoms with Gasteiger partial charge in [0.15, 0.2) is 5.65 Å². The van der Waals surface area contributed by atoms with Gasteiger partial charge in [-0.15, -0.1) is 0 Å². The number of nitrogens with one attached hydrogen (secondary N) is 1. The monoisotopic (exact) mass is 562 g/mol. The molecule has 1 N–H and O–H groups in total. The van der Waals surface area contributed by atoms with Crippen molar-refractivity contribution in [1.82, 2.24) is 24.6 Å². The zero-order valence-electron chi connectivity index (χ0n) is 20.6. The van der Waals surface area contributed by atoms with E-state index in [1.54, 1.807) is 14.1 Å². The van der Waals surface area contributed by atoms with E-state index < -0.39 is 5.92 Å². The van der Waals surface area contributed by atoms with Crippen LogP contribution >= 0.6 is 15.9 Å². The average Bonchev–Trinajstić information content (AvgIpc) is 3.48. The lowest BCUT2D eigenvalue weighted by Crippen LogP contribution is -2.35. The molecule has 5 rings (SSSR count). The van der Waals surface area contributed by atoms with Gasteiger partial charge in [0.05, 0.1) is 25.2 Å². The summed E-state index contributed by atoms with van der Waals surface area (Å²) >= 11 is 3.41. The minimum Gasteiger partial charge on any atom is -0.354 e. The average molecular weight is 563 g/mol. The standard InChI is InChI=1S/C27H27BrN6O3/c1-17-3-8-22(11-18(17)2)33-15-20(12-24(33)35)26(36)29-9-10-34-25-23(13-31-34)27(37)32(16-30-25)14-19-4-6-21(28)7-5-19/h3-8,11,13,16,20H,9-10,12,14-15H2,1-2H3,(H,29,36). The maximum atomic E-state index is 12.9. The molecule has 0 spiro atoms. The van der Waals surface area contributed by atoms with Crippen molar-refractivity contribution in [1.29, 1.82) is 0 Å². The van der Waals surface area contributed by atoms with Crippen molar-refractivity contribution in [2.75, 3.05) is 18.0 Å². The van der Waals surface area contributed by atoms with Gasteiger partial charge < -0.3 is 10.2 Å². The summed E-state index contributed by atoms with van der Waals surface area (Å²) in [6, 6.07) is 13.7. The van der Waals surface area contributed by atoms with E-state index in [9.17, 15) is 14.4 Å². The van der Waals surface area contributed by atoms with Gasteiger partial charge in [-0.2, -0.15) is 5.10 Å². The predicted molar refractivity (Wildman–Crippen MR) is 144 cm³/mol. The van der Waals surface area contributed by atoms with E-state index in [1.807, 2.05) is 56.3 Å². The second kappa shape index (κ2) is 10.3. The van der Waals surface area contributed by atoms with Crippen molar-refractivity contribution in [3.05, 3.63) is 86.5 Å². The Morgan fingerprint density at radius 1 is 1.11 bits per heavy atom. The zero-order valence-corrected chi connectivity index (χ0v) is 22.2. The SMILES string of the molecule is Cc1ccc(N2CC(C(=O)NCCn3ncc4c(=O)n(Cc5ccc(Br)cc5)cnc43)CC2=O)cc1C. The molecule has 1 fully saturated rings. The molecule has 2 aromatic carbocycles. The van der Waals surface area contributed by atoms with Crippen LogP contribution in [0.3, 0.4) is 0 Å². The van der Waals surface area contributed by atoms with Gasteiger partial charge in [-0.25, -0.2) is 9.67 Å². The van der Waals surface area contributed by atoms with E-state index in [4.69, 9.17) is 0 Å². The third-order valence-corrected chi connectivity index (χ3v) is 7.34. The van der Waals surface area contributed by atoms with E-state index in [-0.39, 0.29) is 23.8 Å². The lowest BCUT2D eigenvalue weighted by molar-refractivity contribution is -0.126. The Morgan fingerprint density at radius 3 is 2.65 bits per heavy atom. The molecule has 0 bridgehead atoms. The molecule has 2 amide bonds. The second-order valence-electron chi connectivity index (χ2n) is 9.37. The first kappa shape index (κ1) is 24.9. The molecular weight excluding hydrogens is 536 g/mol. The Bertz CT molecular complexity index is 1540. The fourth-order valence-electron chi connectivity index (χ4n) is 4.52. The molecule has 2 aromatic heterocycles. The van der Waals surface area contributed by atoms with Gasteiger partial charge >= 0.3 is 0 Å². The van der Waals surface area contributed by atoms with E-state index in [0.29, 0.717) is 37.2 Å². The number of carbonyl (C=O) groups is 2. The number of hydrogen-bond acceptors (Lipinski definition) is 5. The van der Waals surface area contributed by atoms with Crippen LogP contribution in [0.15, 0.2) is 64.3 Å². The molecule has 1 aliphatic rings. The highest BCUT2D eigenvalue weighted by atomic mass is 79.9. The summed E-state index contributed by atoms with van der Waals surface area (Å²) in [5.41, 5.74) is 4.39. The van der Waals surface area contributed by atoms with Crippen LogP contribution in [0.1, 0.15) is 23.1 Å². The maximum absolute atomic E-state index is 12.9. The maximum Gasteiger partial charge on any atom is 0.264 e. The molecule has 1 aliphatic heterocycles. The first-order chi connectivity index (χ1) is 17.8. The minimum atomic E-state index is -0.410. The minimum absolute atomic E-state index is 0.0508. The third kappa shape index (κ3) is 5.20. The van der Waals surface area contributed by atoms with Crippen molar-refractivity contribution in [3.63, 3.8) is 0 Å². The molecule has 4 aromatic rings. The van der Waals surface area contributed by atoms with Crippen LogP contribution in [0.2, 0.25) is 0 Å². The lowest BCUT2D eigenvalue weighted by atomic mass is 10.1. The Morgan fingerprint density at radius 2 is 1.89 bits per heavy atom. The predicted octanol–water partition coefficient (Wildman–Crippen LogP) is 3.19. The van der Waals surface area contributed by atoms with Gasteiger partial charge in [0.1, 0.15) is 11.7 Å². The Kier molecular flexibility index (Phi) is 6.92. The number of aromatic nitrogens is 4. The molecule has 10 heteroatoms. The number of aryl methyl sites for hydroxylation is 2. The third-order valence-electron chi connectivity index (χ3n) is 6.81. The number of rotatable bonds is 7. The van der Waals surface area contributed by atoms with Crippen LogP contribution in [0.5, 0.6) is 0 Å². The number of anilines is 1. The largest absolute Gasteiger partial charge is 0.354 e. The van der Waals surface area contributed by atoms with Gasteiger partial charge in [-0.1, -0.05) is 34.1 Å². The first-order valence-corrected chi connectivity index (χ1v) is 12.9. The number of benzene rings is 2. The van der Waals surface area contributed by atoms with Gasteiger partial charge in [-0.05, 0) is 54.8 Å². The van der Waals surface area contributed by atoms with Crippen LogP contribution in [-0.4, -0.2) is 44.2 Å². The summed E-state index contributed by atoms with van der Waals surface area (Å²) in [6.45, 7) is 5.48. The van der Waals surface area contributed by atoms with Gasteiger partial charge in [-0.3, -0.25) is 19.0 Å². The highest BCUT2D eigenvalue weighted by molar-refractivity contribution is 9.10. The van der Waals surface area contributed by atoms with Crippen LogP contribution in [0.4, 0.5) is 5.69 Å². The van der Waals surface area contributed by atoms with Crippen molar-refractivity contribution in [2.45, 2.75) is 33.4 Å². The fourth-order valence-corrected chi connectivity index (χ4v) is 4.78. The highest BCUT2D eigenvalue weighted by Gasteiger charge is 2.35. The summed E-state index contributed by atoms with van der Waals surface area (Å²) in [7, 11) is 0. The van der Waals surface area contributed by atoms with Crippen LogP contribution in [0.25, 0.3) is 11.0 Å². The molecule has 3 heterocycles. The smallest absolute Gasteiger partial charge is 0.264 e. The normalized spacial score (nSPS) is 15.5. The number of hydrogen-bond donors (Lipinski definition) is 1. The molecule has 0 saturated carbocycles. The van der Waals surface area contributed by atoms with Gasteiger partial charge in [0.25, 0.3) is 5.56 Å². The molecule has 0 aliphatic carbocycles. The molecular formula is C27H27BrN6O3. The first-order valence-electron chi connectivity index (χ1n) is 12.1. The molecule has 1 atom stereocenters. The lowest BCUT2D eigenvalue weighted by Gasteiger charge is -2.18. The molecule has 1 saturated heterocycles. The molecule has 0 radical (unpaired) electrons. The number of amides is 2. The van der Waals surface area contributed by atoms with Gasteiger partial charge in [0.2, 0.25) is 11.8 Å². The van der Waals surface area contributed by atoms with E-state index in [2.05, 4.69) is 31.3 Å². The Labute approximate surface area is 222 Å². The Balaban J connectivity index is 1.20. The summed E-state index contributed by atoms with van der Waals surface area (Å²) < 4.78 is 4.14. The Hall–Kier alpha value is -3.79. The quantitative estimate of drug-likeness (QED) is 0.372. The van der Waals surface area contributed by atoms with E-state index in [1.165, 1.54) is 12.5 Å². The number of carbonyl (C=O) groups excluding carboxylic acids is 2. The highest BCUT2D eigenvalue weighted by Crippen LogP contribution is 2.27. The summed E-state index contributed by atoms with van der Waals surface area (Å²) in [5, 5.41) is 7.65. The van der Waals surface area contributed by atoms with Gasteiger partial charge in [0, 0.05) is 29.7 Å². The zero-order chi connectivity index (χ0) is 26.1. The number of fused-ring (bicyclic) bond motifs is 1. The van der Waals surface area contributed by atoms with Crippen LogP contribution in [0, 0.1) is 19.8 Å². The van der Waals surface area contributed by atoms with Crippen molar-refractivity contribution in [3.8, 4) is 0 Å². The number of nitrogens with zero attached hydrogens (tertiary/aromatic N) is 5. The second-order valence-corrected chi connectivity index (χ2v) is 10.3. The number of halogens is 1. The van der Waals surface area contributed by atoms with E-state index in [0.717, 1.165) is 26.9 Å². The summed E-state index contributed by atoms with van der Waals surface area (Å²) in [6.07, 6.45) is 3.22. The summed E-state index contributed by atoms with van der Waals surface area (Å²) in [5.74, 6) is -0.626. The van der Waals surface area contributed by atoms with Crippen molar-refractivity contribution < 1.29 is 9.59 Å². The van der Waals surface area contributed by atoms with Crippen molar-refractivity contribution in [2.24, 2.45) is 5.92 Å². The molecule has 9 nitrogen and oxygen atoms in total. The van der Waals surface area contributed by atoms with Crippen molar-refractivity contribution >= 4 is 44.5 Å². The molecule has 190 valence electrons. The van der Waals surface area contributed by atoms with Crippen LogP contribution < -0.4 is 15.8 Å². The van der Waals surface area contributed by atoms with E-state index >= 15 is 0 Å². The molecule has 37 heavy (non-hydrogen) atoms. The topological polar surface area (TPSA) is 102 Å².